The molecule has 2 heterocycles. The number of ether oxygens (including phenoxy) is 1. The van der Waals surface area contributed by atoms with Gasteiger partial charge >= 0.3 is 0 Å². The van der Waals surface area contributed by atoms with Crippen LogP contribution in [-0.4, -0.2) is 23.6 Å². The van der Waals surface area contributed by atoms with Crippen LogP contribution in [-0.2, 0) is 5.41 Å². The van der Waals surface area contributed by atoms with E-state index in [4.69, 9.17) is 4.74 Å². The van der Waals surface area contributed by atoms with Crippen molar-refractivity contribution in [1.29, 1.82) is 0 Å². The van der Waals surface area contributed by atoms with E-state index in [1.165, 1.54) is 18.3 Å². The summed E-state index contributed by atoms with van der Waals surface area (Å²) in [4.78, 5) is 19.4. The molecule has 19 heavy (non-hydrogen) atoms. The largest absolute Gasteiger partial charge is 0.489 e. The Morgan fingerprint density at radius 1 is 1.53 bits per heavy atom. The van der Waals surface area contributed by atoms with E-state index in [0.717, 1.165) is 0 Å². The Balaban J connectivity index is 2.15. The summed E-state index contributed by atoms with van der Waals surface area (Å²) in [5.74, 6) is 0.681. The molecular weight excluding hydrogens is 262 g/mol. The van der Waals surface area contributed by atoms with Crippen LogP contribution in [0.25, 0.3) is 0 Å². The highest BCUT2D eigenvalue weighted by molar-refractivity contribution is 7.10. The fraction of sp³-hybridized carbons (Fsp3) is 0.385. The zero-order chi connectivity index (χ0) is 13.9. The monoisotopic (exact) mass is 279 g/mol. The molecule has 2 aromatic heterocycles. The lowest BCUT2D eigenvalue weighted by Gasteiger charge is -2.24. The van der Waals surface area contributed by atoms with Gasteiger partial charge in [-0.1, -0.05) is 19.9 Å². The van der Waals surface area contributed by atoms with Crippen molar-refractivity contribution in [2.24, 2.45) is 0 Å². The van der Waals surface area contributed by atoms with Gasteiger partial charge in [-0.3, -0.25) is 4.79 Å². The molecule has 0 saturated heterocycles. The van der Waals surface area contributed by atoms with E-state index in [1.807, 2.05) is 6.07 Å². The molecule has 0 saturated carbocycles. The first-order chi connectivity index (χ1) is 9.04. The highest BCUT2D eigenvalue weighted by Gasteiger charge is 2.22. The third kappa shape index (κ3) is 2.96. The van der Waals surface area contributed by atoms with Crippen LogP contribution in [0, 0.1) is 0 Å². The van der Waals surface area contributed by atoms with E-state index >= 15 is 0 Å². The molecule has 0 aromatic carbocycles. The van der Waals surface area contributed by atoms with Gasteiger partial charge in [0.25, 0.3) is 5.56 Å². The smallest absolute Gasteiger partial charge is 0.295 e. The van der Waals surface area contributed by atoms with Crippen LogP contribution in [0.15, 0.2) is 28.6 Å². The lowest BCUT2D eigenvalue weighted by molar-refractivity contribution is 0.407. The summed E-state index contributed by atoms with van der Waals surface area (Å²) in [6.45, 7) is 4.96. The maximum atomic E-state index is 11.6. The number of aromatic nitrogens is 2. The SMILES string of the molecule is COc1c(NCC(C)(C)c2cccs2)nc[nH]c1=O. The lowest BCUT2D eigenvalue weighted by Crippen LogP contribution is -2.27. The summed E-state index contributed by atoms with van der Waals surface area (Å²) in [6.07, 6.45) is 1.37. The number of hydrogen-bond acceptors (Lipinski definition) is 5. The van der Waals surface area contributed by atoms with Gasteiger partial charge in [-0.2, -0.15) is 0 Å². The molecule has 0 aliphatic heterocycles. The molecule has 0 aliphatic carbocycles. The molecule has 5 nitrogen and oxygen atoms in total. The first-order valence-corrected chi connectivity index (χ1v) is 6.82. The number of nitrogens with zero attached hydrogens (tertiary/aromatic N) is 1. The molecule has 0 radical (unpaired) electrons. The van der Waals surface area contributed by atoms with Gasteiger partial charge in [0.2, 0.25) is 5.75 Å². The number of H-pyrrole nitrogens is 1. The van der Waals surface area contributed by atoms with Crippen molar-refractivity contribution < 1.29 is 4.74 Å². The highest BCUT2D eigenvalue weighted by Crippen LogP contribution is 2.28. The first-order valence-electron chi connectivity index (χ1n) is 5.94. The third-order valence-electron chi connectivity index (χ3n) is 2.90. The quantitative estimate of drug-likeness (QED) is 0.880. The zero-order valence-electron chi connectivity index (χ0n) is 11.2. The van der Waals surface area contributed by atoms with Crippen molar-refractivity contribution in [2.75, 3.05) is 19.0 Å². The van der Waals surface area contributed by atoms with Crippen molar-refractivity contribution in [1.82, 2.24) is 9.97 Å². The maximum absolute atomic E-state index is 11.6. The van der Waals surface area contributed by atoms with Crippen molar-refractivity contribution in [2.45, 2.75) is 19.3 Å². The van der Waals surface area contributed by atoms with Gasteiger partial charge in [0.15, 0.2) is 5.82 Å². The molecule has 0 fully saturated rings. The van der Waals surface area contributed by atoms with Crippen LogP contribution in [0.4, 0.5) is 5.82 Å². The number of rotatable bonds is 5. The minimum atomic E-state index is -0.283. The normalized spacial score (nSPS) is 11.3. The van der Waals surface area contributed by atoms with Gasteiger partial charge < -0.3 is 15.0 Å². The summed E-state index contributed by atoms with van der Waals surface area (Å²) in [5.41, 5.74) is -0.322. The first kappa shape index (κ1) is 13.6. The fourth-order valence-corrected chi connectivity index (χ4v) is 2.61. The van der Waals surface area contributed by atoms with Gasteiger partial charge in [-0.15, -0.1) is 11.3 Å². The number of aromatic amines is 1. The van der Waals surface area contributed by atoms with Crippen LogP contribution in [0.5, 0.6) is 5.75 Å². The predicted molar refractivity (Wildman–Crippen MR) is 77.2 cm³/mol. The zero-order valence-corrected chi connectivity index (χ0v) is 12.0. The van der Waals surface area contributed by atoms with E-state index in [9.17, 15) is 4.79 Å². The van der Waals surface area contributed by atoms with E-state index < -0.39 is 0 Å². The number of anilines is 1. The van der Waals surface area contributed by atoms with Crippen LogP contribution >= 0.6 is 11.3 Å². The standard InChI is InChI=1S/C13H17N3O2S/c1-13(2,9-5-4-6-19-9)7-14-11-10(18-3)12(17)16-8-15-11/h4-6,8H,7H2,1-3H3,(H2,14,15,16,17). The molecular formula is C13H17N3O2S. The summed E-state index contributed by atoms with van der Waals surface area (Å²) in [6, 6.07) is 4.14. The number of thiophene rings is 1. The van der Waals surface area contributed by atoms with E-state index in [1.54, 1.807) is 11.3 Å². The Bertz CT molecular complexity index is 590. The van der Waals surface area contributed by atoms with Crippen LogP contribution in [0.3, 0.4) is 0 Å². The van der Waals surface area contributed by atoms with Crippen molar-refractivity contribution in [3.05, 3.63) is 39.1 Å². The minimum Gasteiger partial charge on any atom is -0.489 e. The van der Waals surface area contributed by atoms with Crippen LogP contribution in [0.1, 0.15) is 18.7 Å². The molecule has 2 aromatic rings. The third-order valence-corrected chi connectivity index (χ3v) is 4.14. The maximum Gasteiger partial charge on any atom is 0.295 e. The average molecular weight is 279 g/mol. The van der Waals surface area contributed by atoms with Gasteiger partial charge in [0.05, 0.1) is 13.4 Å². The van der Waals surface area contributed by atoms with Crippen molar-refractivity contribution in [3.63, 3.8) is 0 Å². The molecule has 2 rings (SSSR count). The van der Waals surface area contributed by atoms with Gasteiger partial charge in [-0.25, -0.2) is 4.98 Å². The van der Waals surface area contributed by atoms with Gasteiger partial charge in [0.1, 0.15) is 0 Å². The van der Waals surface area contributed by atoms with Gasteiger partial charge in [0, 0.05) is 16.8 Å². The van der Waals surface area contributed by atoms with Crippen LogP contribution in [0.2, 0.25) is 0 Å². The summed E-state index contributed by atoms with van der Waals surface area (Å²) in [5, 5.41) is 5.24. The molecule has 0 amide bonds. The van der Waals surface area contributed by atoms with Crippen LogP contribution < -0.4 is 15.6 Å². The molecule has 0 bridgehead atoms. The average Bonchev–Trinajstić information content (AvgIpc) is 2.91. The van der Waals surface area contributed by atoms with Gasteiger partial charge in [-0.05, 0) is 11.4 Å². The molecule has 0 atom stereocenters. The Kier molecular flexibility index (Phi) is 3.90. The van der Waals surface area contributed by atoms with Crippen molar-refractivity contribution in [3.8, 4) is 5.75 Å². The van der Waals surface area contributed by atoms with E-state index in [0.29, 0.717) is 12.4 Å². The number of hydrogen-bond donors (Lipinski definition) is 2. The molecule has 6 heteroatoms. The lowest BCUT2D eigenvalue weighted by atomic mass is 9.91. The fourth-order valence-electron chi connectivity index (χ4n) is 1.76. The predicted octanol–water partition coefficient (Wildman–Crippen LogP) is 2.23. The topological polar surface area (TPSA) is 67.0 Å². The summed E-state index contributed by atoms with van der Waals surface area (Å²) < 4.78 is 5.07. The molecule has 2 N–H and O–H groups in total. The second kappa shape index (κ2) is 5.44. The minimum absolute atomic E-state index is 0.0382. The second-order valence-corrected chi connectivity index (χ2v) is 5.78. The second-order valence-electron chi connectivity index (χ2n) is 4.83. The Labute approximate surface area is 115 Å². The summed E-state index contributed by atoms with van der Waals surface area (Å²) in [7, 11) is 1.46. The molecule has 0 spiro atoms. The Morgan fingerprint density at radius 3 is 2.95 bits per heavy atom. The summed E-state index contributed by atoms with van der Waals surface area (Å²) >= 11 is 1.72. The molecule has 0 unspecified atom stereocenters. The Hall–Kier alpha value is -1.82. The van der Waals surface area contributed by atoms with Crippen molar-refractivity contribution >= 4 is 17.2 Å². The Morgan fingerprint density at radius 2 is 2.32 bits per heavy atom. The molecule has 102 valence electrons. The number of nitrogens with one attached hydrogen (secondary N) is 2. The molecule has 0 aliphatic rings. The van der Waals surface area contributed by atoms with E-state index in [-0.39, 0.29) is 16.7 Å². The number of methoxy groups -OCH3 is 1. The van der Waals surface area contributed by atoms with E-state index in [2.05, 4.69) is 40.6 Å². The highest BCUT2D eigenvalue weighted by atomic mass is 32.1.